The Bertz CT molecular complexity index is 636. The van der Waals surface area contributed by atoms with Gasteiger partial charge in [-0.3, -0.25) is 9.69 Å². The summed E-state index contributed by atoms with van der Waals surface area (Å²) in [5.74, 6) is -0.00316. The van der Waals surface area contributed by atoms with Gasteiger partial charge in [-0.25, -0.2) is 0 Å². The number of carbonyl (C=O) groups excluding carboxylic acids is 1. The second-order valence-electron chi connectivity index (χ2n) is 5.75. The van der Waals surface area contributed by atoms with Gasteiger partial charge in [-0.2, -0.15) is 11.3 Å². The smallest absolute Gasteiger partial charge is 0.251 e. The number of ether oxygens (including phenoxy) is 1. The number of carbonyl (C=O) groups is 1. The Balaban J connectivity index is 1.69. The lowest BCUT2D eigenvalue weighted by Crippen LogP contribution is -2.43. The summed E-state index contributed by atoms with van der Waals surface area (Å²) in [6, 6.07) is 10.0. The second kappa shape index (κ2) is 7.73. The lowest BCUT2D eigenvalue weighted by atomic mass is 10.1. The monoisotopic (exact) mass is 330 g/mol. The first-order chi connectivity index (χ1) is 11.3. The molecule has 1 aromatic carbocycles. The van der Waals surface area contributed by atoms with Crippen molar-refractivity contribution in [2.24, 2.45) is 0 Å². The van der Waals surface area contributed by atoms with Crippen LogP contribution in [0.2, 0.25) is 0 Å². The molecule has 23 heavy (non-hydrogen) atoms. The van der Waals surface area contributed by atoms with E-state index in [9.17, 15) is 4.79 Å². The van der Waals surface area contributed by atoms with E-state index in [1.165, 1.54) is 5.56 Å². The van der Waals surface area contributed by atoms with Crippen molar-refractivity contribution < 1.29 is 9.53 Å². The first-order valence-corrected chi connectivity index (χ1v) is 8.87. The fourth-order valence-electron chi connectivity index (χ4n) is 2.92. The molecule has 1 saturated heterocycles. The van der Waals surface area contributed by atoms with Crippen LogP contribution in [-0.4, -0.2) is 43.7 Å². The van der Waals surface area contributed by atoms with Gasteiger partial charge in [-0.05, 0) is 40.9 Å². The van der Waals surface area contributed by atoms with Crippen molar-refractivity contribution in [1.82, 2.24) is 10.2 Å². The normalized spacial score (nSPS) is 16.9. The fourth-order valence-corrected chi connectivity index (χ4v) is 3.63. The van der Waals surface area contributed by atoms with Crippen molar-refractivity contribution in [3.63, 3.8) is 0 Å². The van der Waals surface area contributed by atoms with Crippen molar-refractivity contribution in [2.45, 2.75) is 13.0 Å². The van der Waals surface area contributed by atoms with Gasteiger partial charge >= 0.3 is 0 Å². The quantitative estimate of drug-likeness (QED) is 0.916. The Morgan fingerprint density at radius 3 is 2.78 bits per heavy atom. The zero-order valence-electron chi connectivity index (χ0n) is 13.3. The van der Waals surface area contributed by atoms with Crippen LogP contribution in [0.4, 0.5) is 0 Å². The van der Waals surface area contributed by atoms with Gasteiger partial charge in [-0.1, -0.05) is 18.2 Å². The SMILES string of the molecule is Cc1ccccc1C(=O)NC[C@H](c1ccsc1)N1CCOCC1. The van der Waals surface area contributed by atoms with E-state index in [1.807, 2.05) is 31.2 Å². The summed E-state index contributed by atoms with van der Waals surface area (Å²) in [6.07, 6.45) is 0. The van der Waals surface area contributed by atoms with Crippen molar-refractivity contribution in [3.05, 3.63) is 57.8 Å². The van der Waals surface area contributed by atoms with Gasteiger partial charge in [0.05, 0.1) is 19.3 Å². The van der Waals surface area contributed by atoms with Crippen LogP contribution in [-0.2, 0) is 4.74 Å². The van der Waals surface area contributed by atoms with Crippen molar-refractivity contribution in [2.75, 3.05) is 32.8 Å². The van der Waals surface area contributed by atoms with E-state index in [2.05, 4.69) is 27.0 Å². The largest absolute Gasteiger partial charge is 0.379 e. The second-order valence-corrected chi connectivity index (χ2v) is 6.53. The van der Waals surface area contributed by atoms with E-state index in [4.69, 9.17) is 4.74 Å². The van der Waals surface area contributed by atoms with Crippen molar-refractivity contribution >= 4 is 17.2 Å². The average Bonchev–Trinajstić information content (AvgIpc) is 3.10. The summed E-state index contributed by atoms with van der Waals surface area (Å²) in [7, 11) is 0. The molecule has 0 saturated carbocycles. The highest BCUT2D eigenvalue weighted by Crippen LogP contribution is 2.23. The first kappa shape index (κ1) is 16.2. The van der Waals surface area contributed by atoms with E-state index < -0.39 is 0 Å². The maximum atomic E-state index is 12.5. The molecule has 1 aliphatic rings. The number of benzene rings is 1. The standard InChI is InChI=1S/C18H22N2O2S/c1-14-4-2-3-5-16(14)18(21)19-12-17(15-6-11-23-13-15)20-7-9-22-10-8-20/h2-6,11,13,17H,7-10,12H2,1H3,(H,19,21)/t17-/m1/s1. The molecule has 1 N–H and O–H groups in total. The van der Waals surface area contributed by atoms with Gasteiger partial charge < -0.3 is 10.1 Å². The topological polar surface area (TPSA) is 41.6 Å². The predicted molar refractivity (Wildman–Crippen MR) is 93.0 cm³/mol. The molecule has 0 bridgehead atoms. The molecule has 1 fully saturated rings. The predicted octanol–water partition coefficient (Wildman–Crippen LogP) is 2.86. The molecular formula is C18H22N2O2S. The minimum Gasteiger partial charge on any atom is -0.379 e. The van der Waals surface area contributed by atoms with Crippen LogP contribution >= 0.6 is 11.3 Å². The van der Waals surface area contributed by atoms with E-state index in [-0.39, 0.29) is 11.9 Å². The number of aryl methyl sites for hydroxylation is 1. The van der Waals surface area contributed by atoms with E-state index in [0.717, 1.165) is 37.4 Å². The molecule has 2 aromatic rings. The highest BCUT2D eigenvalue weighted by Gasteiger charge is 2.23. The average molecular weight is 330 g/mol. The van der Waals surface area contributed by atoms with Crippen LogP contribution in [0.5, 0.6) is 0 Å². The molecule has 122 valence electrons. The summed E-state index contributed by atoms with van der Waals surface area (Å²) in [6.45, 7) is 5.90. The number of nitrogens with one attached hydrogen (secondary N) is 1. The first-order valence-electron chi connectivity index (χ1n) is 7.93. The molecular weight excluding hydrogens is 308 g/mol. The summed E-state index contributed by atoms with van der Waals surface area (Å²) >= 11 is 1.69. The maximum Gasteiger partial charge on any atom is 0.251 e. The Morgan fingerprint density at radius 2 is 2.09 bits per heavy atom. The third kappa shape index (κ3) is 3.99. The maximum absolute atomic E-state index is 12.5. The Kier molecular flexibility index (Phi) is 5.43. The molecule has 0 radical (unpaired) electrons. The molecule has 1 amide bonds. The van der Waals surface area contributed by atoms with Gasteiger partial charge in [0, 0.05) is 25.2 Å². The lowest BCUT2D eigenvalue weighted by molar-refractivity contribution is 0.0163. The van der Waals surface area contributed by atoms with Crippen LogP contribution in [0, 0.1) is 6.92 Å². The molecule has 5 heteroatoms. The van der Waals surface area contributed by atoms with Gasteiger partial charge in [0.1, 0.15) is 0 Å². The molecule has 0 spiro atoms. The zero-order chi connectivity index (χ0) is 16.1. The minimum absolute atomic E-state index is 0.00316. The number of morpholine rings is 1. The third-order valence-corrected chi connectivity index (χ3v) is 4.96. The number of rotatable bonds is 5. The number of amides is 1. The number of nitrogens with zero attached hydrogens (tertiary/aromatic N) is 1. The summed E-state index contributed by atoms with van der Waals surface area (Å²) in [5.41, 5.74) is 3.02. The molecule has 1 atom stereocenters. The molecule has 4 nitrogen and oxygen atoms in total. The van der Waals surface area contributed by atoms with Gasteiger partial charge in [-0.15, -0.1) is 0 Å². The van der Waals surface area contributed by atoms with Crippen LogP contribution in [0.15, 0.2) is 41.1 Å². The summed E-state index contributed by atoms with van der Waals surface area (Å²) in [4.78, 5) is 14.9. The highest BCUT2D eigenvalue weighted by molar-refractivity contribution is 7.07. The van der Waals surface area contributed by atoms with Crippen LogP contribution < -0.4 is 5.32 Å². The van der Waals surface area contributed by atoms with Crippen LogP contribution in [0.25, 0.3) is 0 Å². The van der Waals surface area contributed by atoms with Crippen LogP contribution in [0.1, 0.15) is 27.5 Å². The Morgan fingerprint density at radius 1 is 1.30 bits per heavy atom. The fraction of sp³-hybridized carbons (Fsp3) is 0.389. The molecule has 2 heterocycles. The molecule has 1 aromatic heterocycles. The van der Waals surface area contributed by atoms with Crippen molar-refractivity contribution in [1.29, 1.82) is 0 Å². The van der Waals surface area contributed by atoms with Crippen molar-refractivity contribution in [3.8, 4) is 0 Å². The van der Waals surface area contributed by atoms with E-state index in [1.54, 1.807) is 11.3 Å². The third-order valence-electron chi connectivity index (χ3n) is 4.26. The number of thiophene rings is 1. The molecule has 0 unspecified atom stereocenters. The number of hydrogen-bond donors (Lipinski definition) is 1. The van der Waals surface area contributed by atoms with Gasteiger partial charge in [0.15, 0.2) is 0 Å². The highest BCUT2D eigenvalue weighted by atomic mass is 32.1. The minimum atomic E-state index is -0.00316. The van der Waals surface area contributed by atoms with E-state index in [0.29, 0.717) is 6.54 Å². The molecule has 1 aliphatic heterocycles. The summed E-state index contributed by atoms with van der Waals surface area (Å²) < 4.78 is 5.45. The zero-order valence-corrected chi connectivity index (χ0v) is 14.1. The summed E-state index contributed by atoms with van der Waals surface area (Å²) in [5, 5.41) is 7.36. The van der Waals surface area contributed by atoms with Crippen LogP contribution in [0.3, 0.4) is 0 Å². The Labute approximate surface area is 141 Å². The Hall–Kier alpha value is -1.69. The van der Waals surface area contributed by atoms with Gasteiger partial charge in [0.25, 0.3) is 5.91 Å². The molecule has 0 aliphatic carbocycles. The molecule has 3 rings (SSSR count). The number of hydrogen-bond acceptors (Lipinski definition) is 4. The van der Waals surface area contributed by atoms with E-state index >= 15 is 0 Å². The lowest BCUT2D eigenvalue weighted by Gasteiger charge is -2.34. The van der Waals surface area contributed by atoms with Gasteiger partial charge in [0.2, 0.25) is 0 Å².